The number of carbonyl (C=O) groups excluding carboxylic acids is 1. The first-order valence-corrected chi connectivity index (χ1v) is 9.00. The summed E-state index contributed by atoms with van der Waals surface area (Å²) in [6, 6.07) is 15.8. The number of ether oxygens (including phenoxy) is 1. The third-order valence-corrected chi connectivity index (χ3v) is 4.40. The Morgan fingerprint density at radius 1 is 1.13 bits per heavy atom. The minimum absolute atomic E-state index is 0.0405. The van der Waals surface area contributed by atoms with E-state index in [0.29, 0.717) is 12.4 Å². The summed E-state index contributed by atoms with van der Waals surface area (Å²) in [5.74, 6) is 2.13. The summed E-state index contributed by atoms with van der Waals surface area (Å²) in [7, 11) is 0. The zero-order valence-electron chi connectivity index (χ0n) is 13.7. The number of aryl methyl sites for hydroxylation is 2. The SMILES string of the molecule is CCc1cccc(C)c1NC(=O)CSCCOc1ccccc1. The number of para-hydroxylation sites is 2. The van der Waals surface area contributed by atoms with E-state index in [0.717, 1.165) is 29.2 Å². The van der Waals surface area contributed by atoms with Gasteiger partial charge in [-0.1, -0.05) is 43.3 Å². The predicted octanol–water partition coefficient (Wildman–Crippen LogP) is 4.31. The maximum Gasteiger partial charge on any atom is 0.234 e. The maximum atomic E-state index is 12.1. The summed E-state index contributed by atoms with van der Waals surface area (Å²) in [6.07, 6.45) is 0.912. The molecular weight excluding hydrogens is 306 g/mol. The van der Waals surface area contributed by atoms with Crippen molar-refractivity contribution < 1.29 is 9.53 Å². The van der Waals surface area contributed by atoms with Crippen molar-refractivity contribution in [2.75, 3.05) is 23.4 Å². The molecule has 3 nitrogen and oxygen atoms in total. The zero-order valence-corrected chi connectivity index (χ0v) is 14.5. The highest BCUT2D eigenvalue weighted by Crippen LogP contribution is 2.21. The van der Waals surface area contributed by atoms with Gasteiger partial charge >= 0.3 is 0 Å². The van der Waals surface area contributed by atoms with Crippen LogP contribution >= 0.6 is 11.8 Å². The molecule has 122 valence electrons. The molecular formula is C19H23NO2S. The van der Waals surface area contributed by atoms with Crippen LogP contribution in [0.3, 0.4) is 0 Å². The minimum atomic E-state index is 0.0405. The van der Waals surface area contributed by atoms with Gasteiger partial charge in [-0.25, -0.2) is 0 Å². The number of benzene rings is 2. The first-order valence-electron chi connectivity index (χ1n) is 7.84. The number of nitrogens with one attached hydrogen (secondary N) is 1. The molecule has 0 heterocycles. The predicted molar refractivity (Wildman–Crippen MR) is 98.4 cm³/mol. The van der Waals surface area contributed by atoms with E-state index in [4.69, 9.17) is 4.74 Å². The second kappa shape index (κ2) is 9.26. The number of amides is 1. The fourth-order valence-corrected chi connectivity index (χ4v) is 2.88. The molecule has 2 rings (SSSR count). The number of rotatable bonds is 8. The molecule has 2 aromatic carbocycles. The van der Waals surface area contributed by atoms with Crippen molar-refractivity contribution in [3.8, 4) is 5.75 Å². The van der Waals surface area contributed by atoms with Crippen molar-refractivity contribution in [2.45, 2.75) is 20.3 Å². The maximum absolute atomic E-state index is 12.1. The van der Waals surface area contributed by atoms with Gasteiger partial charge in [0.1, 0.15) is 5.75 Å². The molecule has 0 bridgehead atoms. The van der Waals surface area contributed by atoms with Gasteiger partial charge in [0.05, 0.1) is 12.4 Å². The number of anilines is 1. The summed E-state index contributed by atoms with van der Waals surface area (Å²) in [4.78, 5) is 12.1. The van der Waals surface area contributed by atoms with Crippen LogP contribution in [0.4, 0.5) is 5.69 Å². The van der Waals surface area contributed by atoms with E-state index in [9.17, 15) is 4.79 Å². The standard InChI is InChI=1S/C19H23NO2S/c1-3-16-9-7-8-15(2)19(16)20-18(21)14-23-13-12-22-17-10-5-4-6-11-17/h4-11H,3,12-14H2,1-2H3,(H,20,21). The van der Waals surface area contributed by atoms with Crippen molar-refractivity contribution in [3.05, 3.63) is 59.7 Å². The van der Waals surface area contributed by atoms with Crippen molar-refractivity contribution in [3.63, 3.8) is 0 Å². The summed E-state index contributed by atoms with van der Waals surface area (Å²) in [5, 5.41) is 3.04. The van der Waals surface area contributed by atoms with Crippen LogP contribution in [0.15, 0.2) is 48.5 Å². The molecule has 4 heteroatoms. The molecule has 0 saturated carbocycles. The van der Waals surface area contributed by atoms with Crippen LogP contribution < -0.4 is 10.1 Å². The van der Waals surface area contributed by atoms with Crippen LogP contribution in [0, 0.1) is 6.92 Å². The van der Waals surface area contributed by atoms with E-state index in [1.54, 1.807) is 11.8 Å². The average Bonchev–Trinajstić information content (AvgIpc) is 2.57. The summed E-state index contributed by atoms with van der Waals surface area (Å²) in [6.45, 7) is 4.72. The van der Waals surface area contributed by atoms with Gasteiger partial charge in [-0.15, -0.1) is 11.8 Å². The number of carbonyl (C=O) groups is 1. The number of hydrogen-bond donors (Lipinski definition) is 1. The van der Waals surface area contributed by atoms with E-state index >= 15 is 0 Å². The van der Waals surface area contributed by atoms with E-state index in [2.05, 4.69) is 18.3 Å². The molecule has 0 fully saturated rings. The Kier molecular flexibility index (Phi) is 7.01. The van der Waals surface area contributed by atoms with Gasteiger partial charge < -0.3 is 10.1 Å². The van der Waals surface area contributed by atoms with Gasteiger partial charge in [-0.05, 0) is 36.6 Å². The highest BCUT2D eigenvalue weighted by Gasteiger charge is 2.08. The van der Waals surface area contributed by atoms with E-state index in [1.165, 1.54) is 5.56 Å². The molecule has 1 amide bonds. The lowest BCUT2D eigenvalue weighted by Gasteiger charge is -2.13. The molecule has 0 radical (unpaired) electrons. The Bertz CT molecular complexity index is 629. The number of hydrogen-bond acceptors (Lipinski definition) is 3. The molecule has 0 aliphatic carbocycles. The third kappa shape index (κ3) is 5.64. The molecule has 0 aliphatic heterocycles. The van der Waals surface area contributed by atoms with Gasteiger partial charge in [0, 0.05) is 11.4 Å². The Morgan fingerprint density at radius 3 is 2.65 bits per heavy atom. The van der Waals surface area contributed by atoms with Crippen LogP contribution in [0.25, 0.3) is 0 Å². The van der Waals surface area contributed by atoms with E-state index in [-0.39, 0.29) is 5.91 Å². The molecule has 0 unspecified atom stereocenters. The van der Waals surface area contributed by atoms with Crippen molar-refractivity contribution >= 4 is 23.4 Å². The fourth-order valence-electron chi connectivity index (χ4n) is 2.28. The average molecular weight is 329 g/mol. The van der Waals surface area contributed by atoms with Crippen LogP contribution in [-0.4, -0.2) is 24.0 Å². The van der Waals surface area contributed by atoms with E-state index in [1.807, 2.05) is 49.4 Å². The first-order chi connectivity index (χ1) is 11.2. The summed E-state index contributed by atoms with van der Waals surface area (Å²) < 4.78 is 5.61. The second-order valence-corrected chi connectivity index (χ2v) is 6.33. The monoisotopic (exact) mass is 329 g/mol. The van der Waals surface area contributed by atoms with Crippen molar-refractivity contribution in [2.24, 2.45) is 0 Å². The molecule has 0 saturated heterocycles. The minimum Gasteiger partial charge on any atom is -0.493 e. The lowest BCUT2D eigenvalue weighted by Crippen LogP contribution is -2.17. The third-order valence-electron chi connectivity index (χ3n) is 3.48. The summed E-state index contributed by atoms with van der Waals surface area (Å²) >= 11 is 1.58. The van der Waals surface area contributed by atoms with Crippen LogP contribution in [0.1, 0.15) is 18.1 Å². The Balaban J connectivity index is 1.71. The van der Waals surface area contributed by atoms with Crippen LogP contribution in [-0.2, 0) is 11.2 Å². The largest absolute Gasteiger partial charge is 0.493 e. The smallest absolute Gasteiger partial charge is 0.234 e. The molecule has 2 aromatic rings. The second-order valence-electron chi connectivity index (χ2n) is 5.22. The molecule has 0 spiro atoms. The number of thioether (sulfide) groups is 1. The van der Waals surface area contributed by atoms with Gasteiger partial charge in [-0.3, -0.25) is 4.79 Å². The highest BCUT2D eigenvalue weighted by atomic mass is 32.2. The quantitative estimate of drug-likeness (QED) is 0.734. The van der Waals surface area contributed by atoms with Crippen molar-refractivity contribution in [1.82, 2.24) is 0 Å². The lowest BCUT2D eigenvalue weighted by atomic mass is 10.1. The van der Waals surface area contributed by atoms with Gasteiger partial charge in [0.15, 0.2) is 0 Å². The Labute approximate surface area is 142 Å². The van der Waals surface area contributed by atoms with E-state index < -0.39 is 0 Å². The topological polar surface area (TPSA) is 38.3 Å². The van der Waals surface area contributed by atoms with Crippen LogP contribution in [0.2, 0.25) is 0 Å². The molecule has 1 N–H and O–H groups in total. The van der Waals surface area contributed by atoms with Crippen LogP contribution in [0.5, 0.6) is 5.75 Å². The summed E-state index contributed by atoms with van der Waals surface area (Å²) in [5.41, 5.74) is 3.24. The molecule has 0 aromatic heterocycles. The van der Waals surface area contributed by atoms with Gasteiger partial charge in [0.2, 0.25) is 5.91 Å². The highest BCUT2D eigenvalue weighted by molar-refractivity contribution is 7.99. The zero-order chi connectivity index (χ0) is 16.5. The molecule has 0 atom stereocenters. The van der Waals surface area contributed by atoms with Crippen molar-refractivity contribution in [1.29, 1.82) is 0 Å². The molecule has 0 aliphatic rings. The normalized spacial score (nSPS) is 10.3. The fraction of sp³-hybridized carbons (Fsp3) is 0.316. The first kappa shape index (κ1) is 17.4. The lowest BCUT2D eigenvalue weighted by molar-refractivity contribution is -0.113. The van der Waals surface area contributed by atoms with Gasteiger partial charge in [0.25, 0.3) is 0 Å². The Hall–Kier alpha value is -1.94. The van der Waals surface area contributed by atoms with Gasteiger partial charge in [-0.2, -0.15) is 0 Å². The Morgan fingerprint density at radius 2 is 1.91 bits per heavy atom. The molecule has 23 heavy (non-hydrogen) atoms.